The third-order valence-electron chi connectivity index (χ3n) is 3.66. The first kappa shape index (κ1) is 13.8. The summed E-state index contributed by atoms with van der Waals surface area (Å²) >= 11 is 1.84. The van der Waals surface area contributed by atoms with Crippen LogP contribution in [0.5, 0.6) is 0 Å². The van der Waals surface area contributed by atoms with Crippen LogP contribution in [0.3, 0.4) is 0 Å². The summed E-state index contributed by atoms with van der Waals surface area (Å²) in [4.78, 5) is 3.94. The van der Waals surface area contributed by atoms with E-state index >= 15 is 0 Å². The Morgan fingerprint density at radius 1 is 1.33 bits per heavy atom. The SMILES string of the molecule is CSc1ccccc1N1CCCNC(C(C)C)C1. The van der Waals surface area contributed by atoms with Crippen molar-refractivity contribution in [1.82, 2.24) is 5.32 Å². The highest BCUT2D eigenvalue weighted by atomic mass is 32.2. The van der Waals surface area contributed by atoms with E-state index in [0.29, 0.717) is 12.0 Å². The molecule has 1 aliphatic heterocycles. The summed E-state index contributed by atoms with van der Waals surface area (Å²) in [5, 5.41) is 3.67. The van der Waals surface area contributed by atoms with Gasteiger partial charge in [-0.15, -0.1) is 11.8 Å². The first-order valence-electron chi connectivity index (χ1n) is 6.83. The van der Waals surface area contributed by atoms with Crippen molar-refractivity contribution in [1.29, 1.82) is 0 Å². The van der Waals surface area contributed by atoms with Crippen molar-refractivity contribution in [2.45, 2.75) is 31.2 Å². The van der Waals surface area contributed by atoms with Gasteiger partial charge in [0.15, 0.2) is 0 Å². The van der Waals surface area contributed by atoms with Gasteiger partial charge in [-0.25, -0.2) is 0 Å². The average Bonchev–Trinajstić information content (AvgIpc) is 2.64. The molecule has 0 aromatic heterocycles. The van der Waals surface area contributed by atoms with E-state index in [1.807, 2.05) is 11.8 Å². The topological polar surface area (TPSA) is 15.3 Å². The highest BCUT2D eigenvalue weighted by Gasteiger charge is 2.21. The molecule has 0 spiro atoms. The molecule has 1 saturated heterocycles. The number of rotatable bonds is 3. The number of hydrogen-bond donors (Lipinski definition) is 1. The fourth-order valence-corrected chi connectivity index (χ4v) is 3.13. The Balaban J connectivity index is 2.19. The molecule has 1 aromatic carbocycles. The predicted molar refractivity (Wildman–Crippen MR) is 81.7 cm³/mol. The highest BCUT2D eigenvalue weighted by Crippen LogP contribution is 2.29. The minimum absolute atomic E-state index is 0.599. The summed E-state index contributed by atoms with van der Waals surface area (Å²) in [5.41, 5.74) is 1.40. The molecule has 1 heterocycles. The van der Waals surface area contributed by atoms with Crippen LogP contribution in [-0.4, -0.2) is 31.9 Å². The van der Waals surface area contributed by atoms with E-state index in [4.69, 9.17) is 0 Å². The standard InChI is InChI=1S/C15H24N2S/c1-12(2)13-11-17(10-6-9-16-13)14-7-4-5-8-15(14)18-3/h4-5,7-8,12-13,16H,6,9-11H2,1-3H3. The lowest BCUT2D eigenvalue weighted by molar-refractivity contribution is 0.420. The molecule has 1 fully saturated rings. The van der Waals surface area contributed by atoms with Crippen molar-refractivity contribution in [2.75, 3.05) is 30.8 Å². The second-order valence-corrected chi connectivity index (χ2v) is 6.12. The Hall–Kier alpha value is -0.670. The van der Waals surface area contributed by atoms with Crippen LogP contribution in [0.25, 0.3) is 0 Å². The molecule has 100 valence electrons. The maximum Gasteiger partial charge on any atom is 0.0504 e. The molecule has 2 nitrogen and oxygen atoms in total. The van der Waals surface area contributed by atoms with Gasteiger partial charge in [-0.1, -0.05) is 26.0 Å². The first-order valence-corrected chi connectivity index (χ1v) is 8.06. The second-order valence-electron chi connectivity index (χ2n) is 5.28. The summed E-state index contributed by atoms with van der Waals surface area (Å²) in [7, 11) is 0. The Bertz CT molecular complexity index is 379. The molecule has 2 rings (SSSR count). The molecular weight excluding hydrogens is 240 g/mol. The third kappa shape index (κ3) is 3.21. The van der Waals surface area contributed by atoms with Crippen LogP contribution in [0.15, 0.2) is 29.2 Å². The van der Waals surface area contributed by atoms with Crippen LogP contribution >= 0.6 is 11.8 Å². The van der Waals surface area contributed by atoms with E-state index in [1.165, 1.54) is 17.0 Å². The van der Waals surface area contributed by atoms with Crippen molar-refractivity contribution in [3.63, 3.8) is 0 Å². The highest BCUT2D eigenvalue weighted by molar-refractivity contribution is 7.98. The smallest absolute Gasteiger partial charge is 0.0504 e. The molecule has 1 aliphatic rings. The lowest BCUT2D eigenvalue weighted by Gasteiger charge is -2.29. The molecule has 1 atom stereocenters. The fraction of sp³-hybridized carbons (Fsp3) is 0.600. The number of para-hydroxylation sites is 1. The molecule has 0 saturated carbocycles. The van der Waals surface area contributed by atoms with Gasteiger partial charge in [0.1, 0.15) is 0 Å². The van der Waals surface area contributed by atoms with E-state index in [2.05, 4.69) is 54.6 Å². The van der Waals surface area contributed by atoms with Gasteiger partial charge in [-0.3, -0.25) is 0 Å². The molecule has 1 N–H and O–H groups in total. The van der Waals surface area contributed by atoms with E-state index < -0.39 is 0 Å². The Labute approximate surface area is 115 Å². The number of nitrogens with zero attached hydrogens (tertiary/aromatic N) is 1. The van der Waals surface area contributed by atoms with E-state index in [0.717, 1.165) is 19.6 Å². The van der Waals surface area contributed by atoms with Crippen LogP contribution in [0, 0.1) is 5.92 Å². The number of thioether (sulfide) groups is 1. The number of hydrogen-bond acceptors (Lipinski definition) is 3. The lowest BCUT2D eigenvalue weighted by Crippen LogP contribution is -2.41. The molecule has 1 aromatic rings. The number of nitrogens with one attached hydrogen (secondary N) is 1. The zero-order chi connectivity index (χ0) is 13.0. The normalized spacial score (nSPS) is 21.1. The summed E-state index contributed by atoms with van der Waals surface area (Å²) in [6.07, 6.45) is 3.39. The van der Waals surface area contributed by atoms with Gasteiger partial charge in [-0.05, 0) is 37.3 Å². The van der Waals surface area contributed by atoms with E-state index in [1.54, 1.807) is 0 Å². The zero-order valence-corrected chi connectivity index (χ0v) is 12.5. The molecule has 3 heteroatoms. The largest absolute Gasteiger partial charge is 0.369 e. The minimum Gasteiger partial charge on any atom is -0.369 e. The Morgan fingerprint density at radius 2 is 2.11 bits per heavy atom. The molecule has 0 aliphatic carbocycles. The van der Waals surface area contributed by atoms with Gasteiger partial charge in [0.2, 0.25) is 0 Å². The second kappa shape index (κ2) is 6.48. The van der Waals surface area contributed by atoms with Gasteiger partial charge < -0.3 is 10.2 Å². The molecule has 0 bridgehead atoms. The quantitative estimate of drug-likeness (QED) is 0.844. The number of benzene rings is 1. The van der Waals surface area contributed by atoms with Crippen LogP contribution < -0.4 is 10.2 Å². The van der Waals surface area contributed by atoms with Gasteiger partial charge in [0.05, 0.1) is 5.69 Å². The van der Waals surface area contributed by atoms with Crippen molar-refractivity contribution >= 4 is 17.4 Å². The van der Waals surface area contributed by atoms with Crippen molar-refractivity contribution in [3.8, 4) is 0 Å². The lowest BCUT2D eigenvalue weighted by atomic mass is 10.0. The van der Waals surface area contributed by atoms with Crippen molar-refractivity contribution in [2.24, 2.45) is 5.92 Å². The van der Waals surface area contributed by atoms with Crippen molar-refractivity contribution in [3.05, 3.63) is 24.3 Å². The first-order chi connectivity index (χ1) is 8.72. The van der Waals surface area contributed by atoms with Gasteiger partial charge >= 0.3 is 0 Å². The van der Waals surface area contributed by atoms with Crippen molar-refractivity contribution < 1.29 is 0 Å². The van der Waals surface area contributed by atoms with Gasteiger partial charge in [-0.2, -0.15) is 0 Å². The van der Waals surface area contributed by atoms with E-state index in [-0.39, 0.29) is 0 Å². The van der Waals surface area contributed by atoms with E-state index in [9.17, 15) is 0 Å². The van der Waals surface area contributed by atoms with Crippen LogP contribution in [0.1, 0.15) is 20.3 Å². The van der Waals surface area contributed by atoms with Crippen LogP contribution in [0.4, 0.5) is 5.69 Å². The zero-order valence-electron chi connectivity index (χ0n) is 11.6. The average molecular weight is 264 g/mol. The summed E-state index contributed by atoms with van der Waals surface area (Å²) in [6.45, 7) is 8.03. The Morgan fingerprint density at radius 3 is 2.83 bits per heavy atom. The molecule has 0 radical (unpaired) electrons. The maximum absolute atomic E-state index is 3.67. The third-order valence-corrected chi connectivity index (χ3v) is 4.44. The minimum atomic E-state index is 0.599. The van der Waals surface area contributed by atoms with Gasteiger partial charge in [0, 0.05) is 24.0 Å². The maximum atomic E-state index is 3.67. The molecule has 18 heavy (non-hydrogen) atoms. The monoisotopic (exact) mass is 264 g/mol. The molecular formula is C15H24N2S. The molecule has 1 unspecified atom stereocenters. The molecule has 0 amide bonds. The van der Waals surface area contributed by atoms with Crippen LogP contribution in [0.2, 0.25) is 0 Å². The predicted octanol–water partition coefficient (Wildman–Crippen LogP) is 3.23. The summed E-state index contributed by atoms with van der Waals surface area (Å²) in [6, 6.07) is 9.36. The number of anilines is 1. The van der Waals surface area contributed by atoms with Crippen LogP contribution in [-0.2, 0) is 0 Å². The Kier molecular flexibility index (Phi) is 4.95. The van der Waals surface area contributed by atoms with Gasteiger partial charge in [0.25, 0.3) is 0 Å². The summed E-state index contributed by atoms with van der Waals surface area (Å²) in [5.74, 6) is 0.687. The fourth-order valence-electron chi connectivity index (χ4n) is 2.51. The summed E-state index contributed by atoms with van der Waals surface area (Å²) < 4.78 is 0.